The maximum Gasteiger partial charge on any atom is 0.255 e. The van der Waals surface area contributed by atoms with Crippen molar-refractivity contribution in [1.82, 2.24) is 14.8 Å². The number of aromatic nitrogens is 3. The number of hydrogen-bond acceptors (Lipinski definition) is 4. The van der Waals surface area contributed by atoms with E-state index in [0.29, 0.717) is 17.8 Å². The van der Waals surface area contributed by atoms with Crippen molar-refractivity contribution >= 4 is 11.6 Å². The number of methoxy groups -OCH3 is 1. The number of rotatable bonds is 5. The van der Waals surface area contributed by atoms with Crippen LogP contribution in [0.5, 0.6) is 5.75 Å². The lowest BCUT2D eigenvalue weighted by Crippen LogP contribution is -2.11. The minimum Gasteiger partial charge on any atom is -0.497 e. The number of nitrogens with zero attached hydrogens (tertiary/aromatic N) is 3. The highest BCUT2D eigenvalue weighted by Crippen LogP contribution is 2.14. The molecule has 2 aromatic heterocycles. The maximum atomic E-state index is 12.1. The van der Waals surface area contributed by atoms with Crippen molar-refractivity contribution in [2.45, 2.75) is 6.54 Å². The van der Waals surface area contributed by atoms with Gasteiger partial charge in [0.1, 0.15) is 5.75 Å². The number of pyridine rings is 1. The lowest BCUT2D eigenvalue weighted by Gasteiger charge is -2.05. The molecule has 1 aromatic carbocycles. The number of hydrogen-bond donors (Lipinski definition) is 1. The number of anilines is 1. The van der Waals surface area contributed by atoms with Crippen molar-refractivity contribution in [3.63, 3.8) is 0 Å². The first kappa shape index (κ1) is 14.8. The zero-order valence-corrected chi connectivity index (χ0v) is 12.6. The molecule has 3 rings (SSSR count). The Morgan fingerprint density at radius 1 is 1.26 bits per heavy atom. The summed E-state index contributed by atoms with van der Waals surface area (Å²) in [4.78, 5) is 16.0. The van der Waals surface area contributed by atoms with Crippen LogP contribution in [0.15, 0.2) is 61.2 Å². The van der Waals surface area contributed by atoms with Crippen molar-refractivity contribution in [2.24, 2.45) is 0 Å². The second-order valence-corrected chi connectivity index (χ2v) is 4.97. The number of benzene rings is 1. The van der Waals surface area contributed by atoms with Gasteiger partial charge in [0.25, 0.3) is 5.91 Å². The Kier molecular flexibility index (Phi) is 4.33. The number of amides is 1. The Hall–Kier alpha value is -3.15. The van der Waals surface area contributed by atoms with Gasteiger partial charge in [-0.3, -0.25) is 14.5 Å². The fraction of sp³-hybridized carbons (Fsp3) is 0.118. The molecule has 116 valence electrons. The molecule has 0 aliphatic heterocycles. The van der Waals surface area contributed by atoms with Crippen LogP contribution >= 0.6 is 0 Å². The Bertz CT molecular complexity index is 799. The molecule has 0 radical (unpaired) electrons. The largest absolute Gasteiger partial charge is 0.497 e. The lowest BCUT2D eigenvalue weighted by atomic mass is 10.2. The van der Waals surface area contributed by atoms with Crippen LogP contribution < -0.4 is 10.1 Å². The summed E-state index contributed by atoms with van der Waals surface area (Å²) in [6, 6.07) is 11.1. The van der Waals surface area contributed by atoms with Gasteiger partial charge in [0, 0.05) is 24.2 Å². The van der Waals surface area contributed by atoms with E-state index in [1.54, 1.807) is 48.7 Å². The topological polar surface area (TPSA) is 69.0 Å². The summed E-state index contributed by atoms with van der Waals surface area (Å²) in [6.45, 7) is 0.600. The molecule has 0 saturated heterocycles. The van der Waals surface area contributed by atoms with Crippen LogP contribution in [0, 0.1) is 0 Å². The average Bonchev–Trinajstić information content (AvgIpc) is 3.02. The number of carbonyl (C=O) groups is 1. The third kappa shape index (κ3) is 3.74. The molecular formula is C17H16N4O2. The summed E-state index contributed by atoms with van der Waals surface area (Å²) in [5.74, 6) is 0.620. The van der Waals surface area contributed by atoms with Crippen molar-refractivity contribution in [3.05, 3.63) is 72.3 Å². The highest BCUT2D eigenvalue weighted by atomic mass is 16.5. The van der Waals surface area contributed by atoms with Crippen LogP contribution in [0.25, 0.3) is 0 Å². The molecule has 0 unspecified atom stereocenters. The van der Waals surface area contributed by atoms with E-state index in [4.69, 9.17) is 4.74 Å². The molecule has 2 heterocycles. The van der Waals surface area contributed by atoms with Crippen LogP contribution in [0.1, 0.15) is 15.9 Å². The van der Waals surface area contributed by atoms with E-state index in [-0.39, 0.29) is 5.91 Å². The normalized spacial score (nSPS) is 10.3. The van der Waals surface area contributed by atoms with Gasteiger partial charge in [0.15, 0.2) is 0 Å². The SMILES string of the molecule is COc1cccc(Cn2cc(NC(=O)c3ccncc3)cn2)c1. The molecule has 0 bridgehead atoms. The third-order valence-electron chi connectivity index (χ3n) is 3.31. The highest BCUT2D eigenvalue weighted by Gasteiger charge is 2.07. The van der Waals surface area contributed by atoms with Gasteiger partial charge < -0.3 is 10.1 Å². The molecule has 0 aliphatic carbocycles. The van der Waals surface area contributed by atoms with Crippen LogP contribution in [-0.4, -0.2) is 27.8 Å². The Balaban J connectivity index is 1.67. The monoisotopic (exact) mass is 308 g/mol. The van der Waals surface area contributed by atoms with Crippen molar-refractivity contribution in [2.75, 3.05) is 12.4 Å². The third-order valence-corrected chi connectivity index (χ3v) is 3.31. The molecule has 0 saturated carbocycles. The van der Waals surface area contributed by atoms with Gasteiger partial charge in [-0.25, -0.2) is 0 Å². The fourth-order valence-corrected chi connectivity index (χ4v) is 2.18. The molecule has 0 fully saturated rings. The predicted octanol–water partition coefficient (Wildman–Crippen LogP) is 2.59. The van der Waals surface area contributed by atoms with E-state index in [9.17, 15) is 4.79 Å². The number of carbonyl (C=O) groups excluding carboxylic acids is 1. The Labute approximate surface area is 133 Å². The van der Waals surface area contributed by atoms with Gasteiger partial charge in [-0.15, -0.1) is 0 Å². The van der Waals surface area contributed by atoms with Crippen LogP contribution in [-0.2, 0) is 6.54 Å². The van der Waals surface area contributed by atoms with Gasteiger partial charge in [-0.05, 0) is 29.8 Å². The summed E-state index contributed by atoms with van der Waals surface area (Å²) in [6.07, 6.45) is 6.58. The standard InChI is InChI=1S/C17H16N4O2/c1-23-16-4-2-3-13(9-16)11-21-12-15(10-19-21)20-17(22)14-5-7-18-8-6-14/h2-10,12H,11H2,1H3,(H,20,22). The minimum absolute atomic E-state index is 0.187. The second-order valence-electron chi connectivity index (χ2n) is 4.97. The molecule has 23 heavy (non-hydrogen) atoms. The second kappa shape index (κ2) is 6.74. The molecule has 1 N–H and O–H groups in total. The quantitative estimate of drug-likeness (QED) is 0.786. The predicted molar refractivity (Wildman–Crippen MR) is 86.5 cm³/mol. The Morgan fingerprint density at radius 2 is 2.09 bits per heavy atom. The van der Waals surface area contributed by atoms with E-state index < -0.39 is 0 Å². The minimum atomic E-state index is -0.187. The summed E-state index contributed by atoms with van der Waals surface area (Å²) in [7, 11) is 1.64. The van der Waals surface area contributed by atoms with E-state index in [1.807, 2.05) is 24.3 Å². The molecular weight excluding hydrogens is 292 g/mol. The van der Waals surface area contributed by atoms with Gasteiger partial charge in [-0.2, -0.15) is 5.10 Å². The first-order valence-electron chi connectivity index (χ1n) is 7.11. The van der Waals surface area contributed by atoms with Crippen LogP contribution in [0.4, 0.5) is 5.69 Å². The van der Waals surface area contributed by atoms with Gasteiger partial charge >= 0.3 is 0 Å². The molecule has 0 aliphatic rings. The van der Waals surface area contributed by atoms with Crippen molar-refractivity contribution in [1.29, 1.82) is 0 Å². The lowest BCUT2D eigenvalue weighted by molar-refractivity contribution is 0.102. The summed E-state index contributed by atoms with van der Waals surface area (Å²) in [5.41, 5.74) is 2.27. The van der Waals surface area contributed by atoms with Crippen LogP contribution in [0.3, 0.4) is 0 Å². The summed E-state index contributed by atoms with van der Waals surface area (Å²) < 4.78 is 6.97. The first-order chi connectivity index (χ1) is 11.2. The zero-order valence-electron chi connectivity index (χ0n) is 12.6. The van der Waals surface area contributed by atoms with Crippen LogP contribution in [0.2, 0.25) is 0 Å². The molecule has 6 heteroatoms. The average molecular weight is 308 g/mol. The Morgan fingerprint density at radius 3 is 2.87 bits per heavy atom. The molecule has 0 spiro atoms. The number of nitrogens with one attached hydrogen (secondary N) is 1. The molecule has 3 aromatic rings. The summed E-state index contributed by atoms with van der Waals surface area (Å²) >= 11 is 0. The first-order valence-corrected chi connectivity index (χ1v) is 7.11. The van der Waals surface area contributed by atoms with Gasteiger partial charge in [0.05, 0.1) is 25.5 Å². The van der Waals surface area contributed by atoms with E-state index in [1.165, 1.54) is 0 Å². The summed E-state index contributed by atoms with van der Waals surface area (Å²) in [5, 5.41) is 7.07. The zero-order chi connectivity index (χ0) is 16.1. The maximum absolute atomic E-state index is 12.1. The fourth-order valence-electron chi connectivity index (χ4n) is 2.18. The molecule has 1 amide bonds. The number of ether oxygens (including phenoxy) is 1. The molecule has 0 atom stereocenters. The van der Waals surface area contributed by atoms with E-state index in [2.05, 4.69) is 15.4 Å². The van der Waals surface area contributed by atoms with Gasteiger partial charge in [-0.1, -0.05) is 12.1 Å². The highest BCUT2D eigenvalue weighted by molar-refractivity contribution is 6.03. The smallest absolute Gasteiger partial charge is 0.255 e. The van der Waals surface area contributed by atoms with E-state index in [0.717, 1.165) is 11.3 Å². The van der Waals surface area contributed by atoms with Gasteiger partial charge in [0.2, 0.25) is 0 Å². The molecule has 6 nitrogen and oxygen atoms in total. The van der Waals surface area contributed by atoms with E-state index >= 15 is 0 Å². The van der Waals surface area contributed by atoms with Crippen molar-refractivity contribution in [3.8, 4) is 5.75 Å². The van der Waals surface area contributed by atoms with Crippen molar-refractivity contribution < 1.29 is 9.53 Å².